The predicted molar refractivity (Wildman–Crippen MR) is 84.3 cm³/mol. The van der Waals surface area contributed by atoms with Gasteiger partial charge in [-0.15, -0.1) is 0 Å². The predicted octanol–water partition coefficient (Wildman–Crippen LogP) is 3.36. The number of quaternary nitrogens is 1. The molecule has 0 aliphatic heterocycles. The number of aryl methyl sites for hydroxylation is 2. The molecular formula is C18H30NO+. The molecule has 0 amide bonds. The summed E-state index contributed by atoms with van der Waals surface area (Å²) in [4.78, 5) is 0. The lowest BCUT2D eigenvalue weighted by Gasteiger charge is -2.19. The molecule has 0 heterocycles. The summed E-state index contributed by atoms with van der Waals surface area (Å²) in [5, 5.41) is 2.57. The Labute approximate surface area is 123 Å². The van der Waals surface area contributed by atoms with Crippen LogP contribution in [-0.2, 0) is 0 Å². The van der Waals surface area contributed by atoms with Gasteiger partial charge in [0.15, 0.2) is 0 Å². The van der Waals surface area contributed by atoms with Crippen molar-refractivity contribution in [1.82, 2.24) is 0 Å². The Morgan fingerprint density at radius 3 is 2.65 bits per heavy atom. The molecule has 1 aromatic carbocycles. The Balaban J connectivity index is 1.55. The molecule has 0 bridgehead atoms. The quantitative estimate of drug-likeness (QED) is 0.759. The highest BCUT2D eigenvalue weighted by Crippen LogP contribution is 2.18. The number of rotatable bonds is 7. The SMILES string of the molecule is Cc1ccc(OCCCC[NH2+]C2CCCCC2)c(C)c1. The topological polar surface area (TPSA) is 25.8 Å². The summed E-state index contributed by atoms with van der Waals surface area (Å²) in [5.74, 6) is 1.05. The molecule has 2 N–H and O–H groups in total. The van der Waals surface area contributed by atoms with Crippen molar-refractivity contribution in [1.29, 1.82) is 0 Å². The first-order chi connectivity index (χ1) is 9.75. The molecule has 2 rings (SSSR count). The Morgan fingerprint density at radius 1 is 1.10 bits per heavy atom. The van der Waals surface area contributed by atoms with Crippen LogP contribution >= 0.6 is 0 Å². The minimum absolute atomic E-state index is 0.850. The minimum Gasteiger partial charge on any atom is -0.493 e. The lowest BCUT2D eigenvalue weighted by atomic mass is 9.95. The summed E-state index contributed by atoms with van der Waals surface area (Å²) in [6.07, 6.45) is 9.62. The molecule has 112 valence electrons. The number of unbranched alkanes of at least 4 members (excludes halogenated alkanes) is 1. The second-order valence-corrected chi connectivity index (χ2v) is 6.25. The molecule has 1 aromatic rings. The van der Waals surface area contributed by atoms with Crippen molar-refractivity contribution >= 4 is 0 Å². The van der Waals surface area contributed by atoms with E-state index in [1.807, 2.05) is 0 Å². The number of ether oxygens (including phenoxy) is 1. The average molecular weight is 276 g/mol. The first kappa shape index (κ1) is 15.4. The maximum atomic E-state index is 5.87. The van der Waals surface area contributed by atoms with E-state index in [9.17, 15) is 0 Å². The highest BCUT2D eigenvalue weighted by molar-refractivity contribution is 5.35. The van der Waals surface area contributed by atoms with Crippen LogP contribution in [0.5, 0.6) is 5.75 Å². The molecule has 1 aliphatic carbocycles. The molecule has 0 saturated heterocycles. The van der Waals surface area contributed by atoms with Crippen molar-refractivity contribution in [2.75, 3.05) is 13.2 Å². The second kappa shape index (κ2) is 8.31. The number of hydrogen-bond donors (Lipinski definition) is 1. The van der Waals surface area contributed by atoms with Gasteiger partial charge in [0, 0.05) is 0 Å². The third kappa shape index (κ3) is 5.16. The second-order valence-electron chi connectivity index (χ2n) is 6.25. The first-order valence-corrected chi connectivity index (χ1v) is 8.29. The van der Waals surface area contributed by atoms with Crippen molar-refractivity contribution in [3.05, 3.63) is 29.3 Å². The van der Waals surface area contributed by atoms with Gasteiger partial charge >= 0.3 is 0 Å². The highest BCUT2D eigenvalue weighted by atomic mass is 16.5. The van der Waals surface area contributed by atoms with E-state index in [2.05, 4.69) is 37.4 Å². The normalized spacial score (nSPS) is 16.3. The first-order valence-electron chi connectivity index (χ1n) is 8.29. The molecule has 0 unspecified atom stereocenters. The van der Waals surface area contributed by atoms with Crippen LogP contribution in [0.1, 0.15) is 56.1 Å². The van der Waals surface area contributed by atoms with Gasteiger partial charge in [0.2, 0.25) is 0 Å². The van der Waals surface area contributed by atoms with Gasteiger partial charge in [-0.05, 0) is 64.0 Å². The van der Waals surface area contributed by atoms with E-state index in [0.717, 1.165) is 24.8 Å². The van der Waals surface area contributed by atoms with Crippen LogP contribution in [0.3, 0.4) is 0 Å². The fraction of sp³-hybridized carbons (Fsp3) is 0.667. The van der Waals surface area contributed by atoms with Crippen LogP contribution < -0.4 is 10.1 Å². The lowest BCUT2D eigenvalue weighted by Crippen LogP contribution is -2.90. The maximum absolute atomic E-state index is 5.87. The van der Waals surface area contributed by atoms with Crippen molar-refractivity contribution in [2.24, 2.45) is 0 Å². The van der Waals surface area contributed by atoms with E-state index in [0.29, 0.717) is 0 Å². The summed E-state index contributed by atoms with van der Waals surface area (Å²) < 4.78 is 5.87. The molecule has 1 aliphatic rings. The largest absolute Gasteiger partial charge is 0.493 e. The Hall–Kier alpha value is -1.02. The van der Waals surface area contributed by atoms with E-state index in [1.54, 1.807) is 0 Å². The van der Waals surface area contributed by atoms with Gasteiger partial charge < -0.3 is 10.1 Å². The third-order valence-electron chi connectivity index (χ3n) is 4.34. The number of nitrogens with two attached hydrogens (primary N) is 1. The van der Waals surface area contributed by atoms with Crippen LogP contribution in [-0.4, -0.2) is 19.2 Å². The molecule has 1 fully saturated rings. The zero-order valence-electron chi connectivity index (χ0n) is 13.2. The van der Waals surface area contributed by atoms with Crippen LogP contribution in [0.15, 0.2) is 18.2 Å². The Kier molecular flexibility index (Phi) is 6.38. The van der Waals surface area contributed by atoms with Gasteiger partial charge in [0.1, 0.15) is 5.75 Å². The average Bonchev–Trinajstić information content (AvgIpc) is 2.46. The van der Waals surface area contributed by atoms with E-state index >= 15 is 0 Å². The van der Waals surface area contributed by atoms with Gasteiger partial charge in [-0.2, -0.15) is 0 Å². The van der Waals surface area contributed by atoms with Gasteiger partial charge in [-0.3, -0.25) is 0 Å². The van der Waals surface area contributed by atoms with Crippen LogP contribution in [0.25, 0.3) is 0 Å². The standard InChI is InChI=1S/C18H29NO/c1-15-10-11-18(16(2)14-15)20-13-7-6-12-19-17-8-4-3-5-9-17/h10-11,14,17,19H,3-9,12-13H2,1-2H3/p+1. The molecule has 2 nitrogen and oxygen atoms in total. The maximum Gasteiger partial charge on any atom is 0.122 e. The van der Waals surface area contributed by atoms with Gasteiger partial charge in [0.05, 0.1) is 19.2 Å². The molecule has 0 atom stereocenters. The van der Waals surface area contributed by atoms with E-state index in [1.165, 1.54) is 56.2 Å². The zero-order chi connectivity index (χ0) is 14.2. The zero-order valence-corrected chi connectivity index (χ0v) is 13.2. The van der Waals surface area contributed by atoms with Gasteiger partial charge in [-0.25, -0.2) is 0 Å². The summed E-state index contributed by atoms with van der Waals surface area (Å²) in [6, 6.07) is 7.31. The molecule has 0 aromatic heterocycles. The Morgan fingerprint density at radius 2 is 1.90 bits per heavy atom. The summed E-state index contributed by atoms with van der Waals surface area (Å²) in [5.41, 5.74) is 2.55. The summed E-state index contributed by atoms with van der Waals surface area (Å²) in [7, 11) is 0. The summed E-state index contributed by atoms with van der Waals surface area (Å²) >= 11 is 0. The lowest BCUT2D eigenvalue weighted by molar-refractivity contribution is -0.692. The molecule has 0 radical (unpaired) electrons. The fourth-order valence-corrected chi connectivity index (χ4v) is 3.11. The van der Waals surface area contributed by atoms with Crippen LogP contribution in [0.4, 0.5) is 0 Å². The third-order valence-corrected chi connectivity index (χ3v) is 4.34. The van der Waals surface area contributed by atoms with E-state index in [4.69, 9.17) is 4.74 Å². The monoisotopic (exact) mass is 276 g/mol. The molecule has 0 spiro atoms. The smallest absolute Gasteiger partial charge is 0.122 e. The van der Waals surface area contributed by atoms with Crippen LogP contribution in [0.2, 0.25) is 0 Å². The molecular weight excluding hydrogens is 246 g/mol. The fourth-order valence-electron chi connectivity index (χ4n) is 3.11. The van der Waals surface area contributed by atoms with Gasteiger partial charge in [0.25, 0.3) is 0 Å². The molecule has 20 heavy (non-hydrogen) atoms. The molecule has 1 saturated carbocycles. The van der Waals surface area contributed by atoms with Crippen molar-refractivity contribution in [2.45, 2.75) is 64.8 Å². The van der Waals surface area contributed by atoms with Crippen molar-refractivity contribution in [3.63, 3.8) is 0 Å². The van der Waals surface area contributed by atoms with E-state index in [-0.39, 0.29) is 0 Å². The summed E-state index contributed by atoms with van der Waals surface area (Å²) in [6.45, 7) is 6.36. The number of benzene rings is 1. The minimum atomic E-state index is 0.850. The van der Waals surface area contributed by atoms with Gasteiger partial charge in [-0.1, -0.05) is 24.1 Å². The highest BCUT2D eigenvalue weighted by Gasteiger charge is 2.14. The van der Waals surface area contributed by atoms with E-state index < -0.39 is 0 Å². The Bertz CT molecular complexity index is 396. The number of hydrogen-bond acceptors (Lipinski definition) is 1. The van der Waals surface area contributed by atoms with Crippen LogP contribution in [0, 0.1) is 13.8 Å². The van der Waals surface area contributed by atoms with Crippen molar-refractivity contribution < 1.29 is 10.1 Å². The molecule has 2 heteroatoms. The van der Waals surface area contributed by atoms with Crippen molar-refractivity contribution in [3.8, 4) is 5.75 Å².